The normalized spacial score (nSPS) is 10.4. The first-order valence-corrected chi connectivity index (χ1v) is 8.95. The van der Waals surface area contributed by atoms with Gasteiger partial charge in [-0.15, -0.1) is 0 Å². The Morgan fingerprint density at radius 1 is 0.786 bits per heavy atom. The number of benzene rings is 3. The van der Waals surface area contributed by atoms with Gasteiger partial charge in [-0.25, -0.2) is 0 Å². The number of methoxy groups -OCH3 is 1. The standard InChI is InChI=1S/C23H22N2O3/c1-16(26)24-20-14-13-19(28-2)15-21(20)25-23(27)22(17-9-5-3-6-10-17)18-11-7-4-8-12-18/h3-15,22H,1-2H3,(H,24,26)(H,25,27). The topological polar surface area (TPSA) is 67.4 Å². The summed E-state index contributed by atoms with van der Waals surface area (Å²) in [6, 6.07) is 24.3. The lowest BCUT2D eigenvalue weighted by atomic mass is 9.90. The number of carbonyl (C=O) groups is 2. The molecule has 5 heteroatoms. The fourth-order valence-corrected chi connectivity index (χ4v) is 3.04. The van der Waals surface area contributed by atoms with E-state index in [9.17, 15) is 9.59 Å². The molecule has 3 aromatic carbocycles. The van der Waals surface area contributed by atoms with E-state index in [0.717, 1.165) is 11.1 Å². The van der Waals surface area contributed by atoms with E-state index < -0.39 is 5.92 Å². The quantitative estimate of drug-likeness (QED) is 0.671. The van der Waals surface area contributed by atoms with E-state index in [1.807, 2.05) is 60.7 Å². The van der Waals surface area contributed by atoms with Crippen molar-refractivity contribution in [2.45, 2.75) is 12.8 Å². The highest BCUT2D eigenvalue weighted by atomic mass is 16.5. The summed E-state index contributed by atoms with van der Waals surface area (Å²) in [5.41, 5.74) is 2.77. The lowest BCUT2D eigenvalue weighted by Gasteiger charge is -2.20. The van der Waals surface area contributed by atoms with Gasteiger partial charge in [-0.05, 0) is 23.3 Å². The molecular formula is C23H22N2O3. The van der Waals surface area contributed by atoms with Crippen molar-refractivity contribution < 1.29 is 14.3 Å². The van der Waals surface area contributed by atoms with Crippen molar-refractivity contribution in [1.29, 1.82) is 0 Å². The predicted molar refractivity (Wildman–Crippen MR) is 111 cm³/mol. The molecule has 142 valence electrons. The summed E-state index contributed by atoms with van der Waals surface area (Å²) in [6.45, 7) is 1.42. The van der Waals surface area contributed by atoms with Crippen LogP contribution in [0.15, 0.2) is 78.9 Å². The number of amides is 2. The van der Waals surface area contributed by atoms with Crippen LogP contribution in [0, 0.1) is 0 Å². The molecule has 2 amide bonds. The van der Waals surface area contributed by atoms with E-state index in [1.54, 1.807) is 25.3 Å². The van der Waals surface area contributed by atoms with Crippen molar-refractivity contribution in [2.24, 2.45) is 0 Å². The second-order valence-corrected chi connectivity index (χ2v) is 6.34. The highest BCUT2D eigenvalue weighted by Gasteiger charge is 2.23. The minimum Gasteiger partial charge on any atom is -0.497 e. The average molecular weight is 374 g/mol. The smallest absolute Gasteiger partial charge is 0.236 e. The molecule has 0 aliphatic carbocycles. The second-order valence-electron chi connectivity index (χ2n) is 6.34. The Kier molecular flexibility index (Phi) is 6.07. The van der Waals surface area contributed by atoms with Crippen molar-refractivity contribution in [3.8, 4) is 5.75 Å². The molecule has 28 heavy (non-hydrogen) atoms. The zero-order valence-electron chi connectivity index (χ0n) is 15.8. The van der Waals surface area contributed by atoms with Crippen molar-refractivity contribution in [3.63, 3.8) is 0 Å². The minimum absolute atomic E-state index is 0.197. The molecule has 5 nitrogen and oxygen atoms in total. The van der Waals surface area contributed by atoms with Crippen LogP contribution in [0.4, 0.5) is 11.4 Å². The summed E-state index contributed by atoms with van der Waals surface area (Å²) in [5.74, 6) is -0.320. The molecule has 2 N–H and O–H groups in total. The van der Waals surface area contributed by atoms with Crippen LogP contribution in [0.3, 0.4) is 0 Å². The fourth-order valence-electron chi connectivity index (χ4n) is 3.04. The molecule has 0 aliphatic heterocycles. The Bertz CT molecular complexity index is 917. The van der Waals surface area contributed by atoms with Crippen molar-refractivity contribution >= 4 is 23.2 Å². The molecule has 0 heterocycles. The number of ether oxygens (including phenoxy) is 1. The Morgan fingerprint density at radius 3 is 1.86 bits per heavy atom. The third-order valence-electron chi connectivity index (χ3n) is 4.32. The molecule has 0 spiro atoms. The number of nitrogens with one attached hydrogen (secondary N) is 2. The summed E-state index contributed by atoms with van der Waals surface area (Å²) < 4.78 is 5.26. The highest BCUT2D eigenvalue weighted by Crippen LogP contribution is 2.31. The summed E-state index contributed by atoms with van der Waals surface area (Å²) in [7, 11) is 1.55. The molecule has 3 rings (SSSR count). The molecule has 0 atom stereocenters. The maximum Gasteiger partial charge on any atom is 0.236 e. The van der Waals surface area contributed by atoms with Crippen LogP contribution < -0.4 is 15.4 Å². The van der Waals surface area contributed by atoms with Gasteiger partial charge in [0.2, 0.25) is 11.8 Å². The number of carbonyl (C=O) groups excluding carboxylic acids is 2. The monoisotopic (exact) mass is 374 g/mol. The fraction of sp³-hybridized carbons (Fsp3) is 0.130. The van der Waals surface area contributed by atoms with Gasteiger partial charge in [0.05, 0.1) is 24.4 Å². The SMILES string of the molecule is COc1ccc(NC(C)=O)c(NC(=O)C(c2ccccc2)c2ccccc2)c1. The van der Waals surface area contributed by atoms with E-state index in [1.165, 1.54) is 6.92 Å². The first kappa shape index (κ1) is 19.2. The third-order valence-corrected chi connectivity index (χ3v) is 4.32. The third kappa shape index (κ3) is 4.57. The molecule has 0 unspecified atom stereocenters. The summed E-state index contributed by atoms with van der Waals surface area (Å²) in [5, 5.41) is 5.69. The van der Waals surface area contributed by atoms with Gasteiger partial charge in [0.1, 0.15) is 5.75 Å². The lowest BCUT2D eigenvalue weighted by molar-refractivity contribution is -0.117. The maximum atomic E-state index is 13.3. The molecule has 0 fully saturated rings. The lowest BCUT2D eigenvalue weighted by Crippen LogP contribution is -2.23. The summed E-state index contributed by atoms with van der Waals surface area (Å²) in [4.78, 5) is 24.8. The number of rotatable bonds is 6. The number of hydrogen-bond acceptors (Lipinski definition) is 3. The molecule has 0 radical (unpaired) electrons. The van der Waals surface area contributed by atoms with Gasteiger partial charge in [-0.2, -0.15) is 0 Å². The van der Waals surface area contributed by atoms with E-state index in [2.05, 4.69) is 10.6 Å². The largest absolute Gasteiger partial charge is 0.497 e. The van der Waals surface area contributed by atoms with Crippen molar-refractivity contribution in [1.82, 2.24) is 0 Å². The molecule has 0 aliphatic rings. The minimum atomic E-state index is -0.487. The van der Waals surface area contributed by atoms with E-state index >= 15 is 0 Å². The number of hydrogen-bond donors (Lipinski definition) is 2. The van der Waals surface area contributed by atoms with Crippen LogP contribution in [0.2, 0.25) is 0 Å². The molecule has 0 bridgehead atoms. The van der Waals surface area contributed by atoms with Crippen LogP contribution >= 0.6 is 0 Å². The molecule has 0 aromatic heterocycles. The van der Waals surface area contributed by atoms with Crippen LogP contribution in [0.5, 0.6) is 5.75 Å². The van der Waals surface area contributed by atoms with Crippen molar-refractivity contribution in [2.75, 3.05) is 17.7 Å². The van der Waals surface area contributed by atoms with Gasteiger partial charge in [-0.3, -0.25) is 9.59 Å². The Labute approximate surface area is 164 Å². The van der Waals surface area contributed by atoms with Crippen LogP contribution in [0.1, 0.15) is 24.0 Å². The first-order chi connectivity index (χ1) is 13.6. The summed E-state index contributed by atoms with van der Waals surface area (Å²) in [6.07, 6.45) is 0. The van der Waals surface area contributed by atoms with E-state index in [4.69, 9.17) is 4.74 Å². The van der Waals surface area contributed by atoms with Crippen LogP contribution in [-0.2, 0) is 9.59 Å². The Balaban J connectivity index is 1.98. The highest BCUT2D eigenvalue weighted by molar-refractivity contribution is 6.03. The Hall–Kier alpha value is -3.60. The van der Waals surface area contributed by atoms with Gasteiger partial charge in [-0.1, -0.05) is 60.7 Å². The van der Waals surface area contributed by atoms with Gasteiger partial charge < -0.3 is 15.4 Å². The van der Waals surface area contributed by atoms with Gasteiger partial charge in [0.25, 0.3) is 0 Å². The maximum absolute atomic E-state index is 13.3. The molecule has 0 saturated carbocycles. The van der Waals surface area contributed by atoms with Crippen LogP contribution in [-0.4, -0.2) is 18.9 Å². The molecular weight excluding hydrogens is 352 g/mol. The predicted octanol–water partition coefficient (Wildman–Crippen LogP) is 4.42. The second kappa shape index (κ2) is 8.86. The van der Waals surface area contributed by atoms with Gasteiger partial charge in [0.15, 0.2) is 0 Å². The van der Waals surface area contributed by atoms with E-state index in [-0.39, 0.29) is 11.8 Å². The summed E-state index contributed by atoms with van der Waals surface area (Å²) >= 11 is 0. The first-order valence-electron chi connectivity index (χ1n) is 8.95. The van der Waals surface area contributed by atoms with E-state index in [0.29, 0.717) is 17.1 Å². The van der Waals surface area contributed by atoms with Gasteiger partial charge >= 0.3 is 0 Å². The van der Waals surface area contributed by atoms with Crippen molar-refractivity contribution in [3.05, 3.63) is 90.0 Å². The zero-order chi connectivity index (χ0) is 19.9. The van der Waals surface area contributed by atoms with Crippen LogP contribution in [0.25, 0.3) is 0 Å². The number of anilines is 2. The zero-order valence-corrected chi connectivity index (χ0v) is 15.8. The molecule has 3 aromatic rings. The van der Waals surface area contributed by atoms with Gasteiger partial charge in [0, 0.05) is 13.0 Å². The Morgan fingerprint density at radius 2 is 1.36 bits per heavy atom. The average Bonchev–Trinajstić information content (AvgIpc) is 2.71. The molecule has 0 saturated heterocycles.